The minimum absolute atomic E-state index is 0. The number of halogens is 3. The largest absolute Gasteiger partial charge is 0.373 e. The van der Waals surface area contributed by atoms with Gasteiger partial charge in [-0.1, -0.05) is 0 Å². The number of nitrogens with zero attached hydrogens (tertiary/aromatic N) is 2. The lowest BCUT2D eigenvalue weighted by Gasteiger charge is -2.35. The average Bonchev–Trinajstić information content (AvgIpc) is 2.56. The van der Waals surface area contributed by atoms with Gasteiger partial charge in [-0.25, -0.2) is 8.78 Å². The van der Waals surface area contributed by atoms with Crippen LogP contribution in [-0.4, -0.2) is 56.3 Å². The van der Waals surface area contributed by atoms with Crippen LogP contribution in [0.25, 0.3) is 0 Å². The van der Waals surface area contributed by atoms with Crippen LogP contribution in [0.15, 0.2) is 23.2 Å². The molecular formula is C18H29F2IN4O. The first-order valence-electron chi connectivity index (χ1n) is 8.74. The van der Waals surface area contributed by atoms with E-state index in [0.717, 1.165) is 44.7 Å². The number of aliphatic imine (C=N–C) groups is 1. The Kier molecular flexibility index (Phi) is 10.3. The molecule has 2 unspecified atom stereocenters. The number of ether oxygens (including phenoxy) is 1. The minimum Gasteiger partial charge on any atom is -0.373 e. The zero-order valence-electron chi connectivity index (χ0n) is 15.6. The maximum absolute atomic E-state index is 13.6. The van der Waals surface area contributed by atoms with E-state index in [-0.39, 0.29) is 48.3 Å². The van der Waals surface area contributed by atoms with Gasteiger partial charge in [0.2, 0.25) is 0 Å². The third kappa shape index (κ3) is 7.71. The second kappa shape index (κ2) is 11.7. The molecule has 148 valence electrons. The zero-order chi connectivity index (χ0) is 18.2. The van der Waals surface area contributed by atoms with Crippen molar-refractivity contribution in [3.05, 3.63) is 35.4 Å². The van der Waals surface area contributed by atoms with E-state index >= 15 is 0 Å². The van der Waals surface area contributed by atoms with E-state index < -0.39 is 11.6 Å². The zero-order valence-corrected chi connectivity index (χ0v) is 17.9. The molecule has 1 aromatic carbocycles. The van der Waals surface area contributed by atoms with Gasteiger partial charge in [-0.15, -0.1) is 24.0 Å². The second-order valence-electron chi connectivity index (χ2n) is 6.46. The lowest BCUT2D eigenvalue weighted by molar-refractivity contribution is -0.0679. The quantitative estimate of drug-likeness (QED) is 0.284. The number of hydrogen-bond donors (Lipinski definition) is 2. The summed E-state index contributed by atoms with van der Waals surface area (Å²) in [6.45, 7) is 8.02. The number of rotatable bonds is 6. The van der Waals surface area contributed by atoms with E-state index in [1.807, 2.05) is 0 Å². The van der Waals surface area contributed by atoms with Gasteiger partial charge in [-0.3, -0.25) is 9.89 Å². The summed E-state index contributed by atoms with van der Waals surface area (Å²) in [4.78, 5) is 6.51. The van der Waals surface area contributed by atoms with Gasteiger partial charge in [0.1, 0.15) is 11.6 Å². The Morgan fingerprint density at radius 2 is 1.92 bits per heavy atom. The van der Waals surface area contributed by atoms with Crippen LogP contribution in [0.4, 0.5) is 8.78 Å². The van der Waals surface area contributed by atoms with Crippen LogP contribution in [0.1, 0.15) is 25.8 Å². The van der Waals surface area contributed by atoms with Gasteiger partial charge in [0.25, 0.3) is 0 Å². The van der Waals surface area contributed by atoms with Crippen molar-refractivity contribution in [1.29, 1.82) is 0 Å². The van der Waals surface area contributed by atoms with E-state index in [9.17, 15) is 8.78 Å². The molecule has 0 aromatic heterocycles. The third-order valence-corrected chi connectivity index (χ3v) is 4.12. The Labute approximate surface area is 171 Å². The molecule has 8 heteroatoms. The SMILES string of the molecule is CN=C(NCCCN1CC(C)OC(C)C1)NCc1cc(F)ccc1F.I. The minimum atomic E-state index is -0.449. The van der Waals surface area contributed by atoms with Gasteiger partial charge in [-0.05, 0) is 38.5 Å². The lowest BCUT2D eigenvalue weighted by atomic mass is 10.2. The van der Waals surface area contributed by atoms with Crippen molar-refractivity contribution >= 4 is 29.9 Å². The van der Waals surface area contributed by atoms with Crippen LogP contribution in [0.3, 0.4) is 0 Å². The maximum Gasteiger partial charge on any atom is 0.191 e. The van der Waals surface area contributed by atoms with Crippen LogP contribution >= 0.6 is 24.0 Å². The smallest absolute Gasteiger partial charge is 0.191 e. The Bertz CT molecular complexity index is 578. The van der Waals surface area contributed by atoms with E-state index in [2.05, 4.69) is 34.4 Å². The van der Waals surface area contributed by atoms with Crippen molar-refractivity contribution in [3.8, 4) is 0 Å². The average molecular weight is 482 g/mol. The molecule has 1 heterocycles. The first kappa shape index (κ1) is 23.0. The summed E-state index contributed by atoms with van der Waals surface area (Å²) in [6, 6.07) is 3.43. The molecule has 1 saturated heterocycles. The van der Waals surface area contributed by atoms with Crippen LogP contribution in [-0.2, 0) is 11.3 Å². The van der Waals surface area contributed by atoms with Gasteiger partial charge in [0.05, 0.1) is 12.2 Å². The predicted molar refractivity (Wildman–Crippen MR) is 111 cm³/mol. The number of nitrogens with one attached hydrogen (secondary N) is 2. The van der Waals surface area contributed by atoms with Gasteiger partial charge < -0.3 is 15.4 Å². The molecular weight excluding hydrogens is 453 g/mol. The third-order valence-electron chi connectivity index (χ3n) is 4.12. The summed E-state index contributed by atoms with van der Waals surface area (Å²) in [6.07, 6.45) is 1.51. The molecule has 0 saturated carbocycles. The standard InChI is InChI=1S/C18H28F2N4O.HI/c1-13-11-24(12-14(2)25-13)8-4-7-22-18(21-3)23-10-15-9-16(19)5-6-17(15)20;/h5-6,9,13-14H,4,7-8,10-12H2,1-3H3,(H2,21,22,23);1H. The van der Waals surface area contributed by atoms with Crippen LogP contribution < -0.4 is 10.6 Å². The number of guanidine groups is 1. The fourth-order valence-corrected chi connectivity index (χ4v) is 3.05. The van der Waals surface area contributed by atoms with Crippen LogP contribution in [0.5, 0.6) is 0 Å². The van der Waals surface area contributed by atoms with Gasteiger partial charge in [-0.2, -0.15) is 0 Å². The first-order valence-corrected chi connectivity index (χ1v) is 8.74. The molecule has 0 bridgehead atoms. The lowest BCUT2D eigenvalue weighted by Crippen LogP contribution is -2.46. The highest BCUT2D eigenvalue weighted by Crippen LogP contribution is 2.11. The molecule has 2 N–H and O–H groups in total. The highest BCUT2D eigenvalue weighted by Gasteiger charge is 2.21. The summed E-state index contributed by atoms with van der Waals surface area (Å²) in [5.74, 6) is -0.303. The Balaban J connectivity index is 0.00000338. The van der Waals surface area contributed by atoms with Gasteiger partial charge in [0, 0.05) is 45.3 Å². The summed E-state index contributed by atoms with van der Waals surface area (Å²) >= 11 is 0. The summed E-state index contributed by atoms with van der Waals surface area (Å²) in [5.41, 5.74) is 0.277. The molecule has 2 rings (SSSR count). The molecule has 26 heavy (non-hydrogen) atoms. The van der Waals surface area contributed by atoms with Gasteiger partial charge in [0.15, 0.2) is 5.96 Å². The van der Waals surface area contributed by atoms with Crippen molar-refractivity contribution in [3.63, 3.8) is 0 Å². The molecule has 1 aliphatic heterocycles. The van der Waals surface area contributed by atoms with Crippen LogP contribution in [0, 0.1) is 11.6 Å². The van der Waals surface area contributed by atoms with E-state index in [4.69, 9.17) is 4.74 Å². The number of hydrogen-bond acceptors (Lipinski definition) is 3. The molecule has 1 aliphatic rings. The van der Waals surface area contributed by atoms with E-state index in [1.165, 1.54) is 6.07 Å². The molecule has 1 fully saturated rings. The molecule has 0 spiro atoms. The number of benzene rings is 1. The Morgan fingerprint density at radius 1 is 1.23 bits per heavy atom. The Morgan fingerprint density at radius 3 is 2.58 bits per heavy atom. The maximum atomic E-state index is 13.6. The highest BCUT2D eigenvalue weighted by molar-refractivity contribution is 14.0. The molecule has 5 nitrogen and oxygen atoms in total. The normalized spacial score (nSPS) is 21.2. The van der Waals surface area contributed by atoms with Crippen LogP contribution in [0.2, 0.25) is 0 Å². The fraction of sp³-hybridized carbons (Fsp3) is 0.611. The topological polar surface area (TPSA) is 48.9 Å². The van der Waals surface area contributed by atoms with Gasteiger partial charge >= 0.3 is 0 Å². The molecule has 0 amide bonds. The van der Waals surface area contributed by atoms with Crippen molar-refractivity contribution in [2.45, 2.75) is 39.0 Å². The molecule has 1 aromatic rings. The molecule has 2 atom stereocenters. The number of morpholine rings is 1. The van der Waals surface area contributed by atoms with Crippen molar-refractivity contribution < 1.29 is 13.5 Å². The summed E-state index contributed by atoms with van der Waals surface area (Å²) in [5, 5.41) is 6.21. The van der Waals surface area contributed by atoms with E-state index in [0.29, 0.717) is 5.96 Å². The summed E-state index contributed by atoms with van der Waals surface area (Å²) < 4.78 is 32.5. The molecule has 0 radical (unpaired) electrons. The highest BCUT2D eigenvalue weighted by atomic mass is 127. The summed E-state index contributed by atoms with van der Waals surface area (Å²) in [7, 11) is 1.66. The predicted octanol–water partition coefficient (Wildman–Crippen LogP) is 2.75. The van der Waals surface area contributed by atoms with Crippen molar-refractivity contribution in [1.82, 2.24) is 15.5 Å². The second-order valence-corrected chi connectivity index (χ2v) is 6.46. The molecule has 0 aliphatic carbocycles. The fourth-order valence-electron chi connectivity index (χ4n) is 3.05. The Hall–Kier alpha value is -1.00. The van der Waals surface area contributed by atoms with E-state index in [1.54, 1.807) is 7.05 Å². The van der Waals surface area contributed by atoms with Crippen molar-refractivity contribution in [2.75, 3.05) is 33.2 Å². The monoisotopic (exact) mass is 482 g/mol. The first-order chi connectivity index (χ1) is 12.0. The van der Waals surface area contributed by atoms with Crippen molar-refractivity contribution in [2.24, 2.45) is 4.99 Å².